The molecule has 0 bridgehead atoms. The molecule has 0 aromatic heterocycles. The van der Waals surface area contributed by atoms with Crippen LogP contribution in [-0.2, 0) is 28.6 Å². The molecular weight excluding hydrogens is 548 g/mol. The van der Waals surface area contributed by atoms with Crippen LogP contribution in [0.25, 0.3) is 0 Å². The lowest BCUT2D eigenvalue weighted by Crippen LogP contribution is -2.65. The Hall–Kier alpha value is -1.75. The van der Waals surface area contributed by atoms with Crippen molar-refractivity contribution < 1.29 is 28.6 Å². The summed E-state index contributed by atoms with van der Waals surface area (Å²) in [4.78, 5) is 42.9. The SMILES string of the molecule is CC1(C)CC(OC(=O)CN2C(C)(C)CC(OC(=O)CN3C(C)(C)CC(OC(=O)CN)CC3(C)C)CC2(C)C)CC(C)(C)N1. The van der Waals surface area contributed by atoms with Crippen LogP contribution in [0.2, 0.25) is 0 Å². The molecule has 0 atom stereocenters. The predicted octanol–water partition coefficient (Wildman–Crippen LogP) is 3.93. The number of hydrogen-bond acceptors (Lipinski definition) is 10. The van der Waals surface area contributed by atoms with Gasteiger partial charge in [0.1, 0.15) is 18.3 Å². The molecular formula is C33H60N4O6. The summed E-state index contributed by atoms with van der Waals surface area (Å²) in [6, 6.07) is 0. The van der Waals surface area contributed by atoms with Crippen molar-refractivity contribution in [3.05, 3.63) is 0 Å². The van der Waals surface area contributed by atoms with Crippen molar-refractivity contribution in [2.75, 3.05) is 19.6 Å². The molecule has 10 nitrogen and oxygen atoms in total. The first-order valence-electron chi connectivity index (χ1n) is 16.0. The Morgan fingerprint density at radius 2 is 0.837 bits per heavy atom. The topological polar surface area (TPSA) is 123 Å². The first-order valence-corrected chi connectivity index (χ1v) is 16.0. The number of carbonyl (C=O) groups is 3. The number of carbonyl (C=O) groups excluding carboxylic acids is 3. The van der Waals surface area contributed by atoms with Crippen molar-refractivity contribution in [2.45, 2.75) is 173 Å². The fourth-order valence-corrected chi connectivity index (χ4v) is 8.73. The number of nitrogens with one attached hydrogen (secondary N) is 1. The van der Waals surface area contributed by atoms with Crippen LogP contribution in [0.1, 0.15) is 122 Å². The van der Waals surface area contributed by atoms with Gasteiger partial charge in [-0.05, 0) is 83.1 Å². The van der Waals surface area contributed by atoms with Crippen LogP contribution in [0.5, 0.6) is 0 Å². The smallest absolute Gasteiger partial charge is 0.320 e. The maximum atomic E-state index is 13.4. The first kappa shape index (κ1) is 35.7. The van der Waals surface area contributed by atoms with E-state index >= 15 is 0 Å². The summed E-state index contributed by atoms with van der Waals surface area (Å²) in [6.07, 6.45) is 3.35. The second-order valence-electron chi connectivity index (χ2n) is 17.1. The average Bonchev–Trinajstić information content (AvgIpc) is 2.75. The average molecular weight is 609 g/mol. The number of hydrogen-bond donors (Lipinski definition) is 2. The highest BCUT2D eigenvalue weighted by Crippen LogP contribution is 2.42. The van der Waals surface area contributed by atoms with Crippen LogP contribution in [-0.4, -0.2) is 98.9 Å². The fourth-order valence-electron chi connectivity index (χ4n) is 8.73. The minimum Gasteiger partial charge on any atom is -0.461 e. The van der Waals surface area contributed by atoms with Crippen LogP contribution in [0, 0.1) is 0 Å². The zero-order valence-corrected chi connectivity index (χ0v) is 29.0. The second-order valence-corrected chi connectivity index (χ2v) is 17.1. The van der Waals surface area contributed by atoms with Gasteiger partial charge >= 0.3 is 17.9 Å². The lowest BCUT2D eigenvalue weighted by Gasteiger charge is -2.55. The third kappa shape index (κ3) is 9.14. The van der Waals surface area contributed by atoms with Gasteiger partial charge in [-0.2, -0.15) is 0 Å². The van der Waals surface area contributed by atoms with Crippen molar-refractivity contribution in [3.8, 4) is 0 Å². The zero-order chi connectivity index (χ0) is 32.8. The van der Waals surface area contributed by atoms with E-state index in [1.54, 1.807) is 0 Å². The van der Waals surface area contributed by atoms with Gasteiger partial charge in [0, 0.05) is 71.8 Å². The van der Waals surface area contributed by atoms with E-state index in [4.69, 9.17) is 19.9 Å². The van der Waals surface area contributed by atoms with Crippen molar-refractivity contribution in [2.24, 2.45) is 5.73 Å². The summed E-state index contributed by atoms with van der Waals surface area (Å²) in [7, 11) is 0. The highest BCUT2D eigenvalue weighted by Gasteiger charge is 2.50. The highest BCUT2D eigenvalue weighted by atomic mass is 16.6. The molecule has 3 N–H and O–H groups in total. The van der Waals surface area contributed by atoms with E-state index < -0.39 is 5.97 Å². The molecule has 248 valence electrons. The molecule has 10 heteroatoms. The highest BCUT2D eigenvalue weighted by molar-refractivity contribution is 5.73. The molecule has 3 heterocycles. The molecule has 0 spiro atoms. The Labute approximate surface area is 260 Å². The molecule has 0 aliphatic carbocycles. The van der Waals surface area contributed by atoms with E-state index in [2.05, 4.69) is 98.2 Å². The van der Waals surface area contributed by atoms with Gasteiger partial charge in [-0.15, -0.1) is 0 Å². The van der Waals surface area contributed by atoms with Gasteiger partial charge in [0.2, 0.25) is 0 Å². The van der Waals surface area contributed by atoms with E-state index in [1.807, 2.05) is 0 Å². The number of ether oxygens (including phenoxy) is 3. The van der Waals surface area contributed by atoms with Crippen molar-refractivity contribution in [1.82, 2.24) is 15.1 Å². The maximum absolute atomic E-state index is 13.4. The van der Waals surface area contributed by atoms with Crippen molar-refractivity contribution >= 4 is 17.9 Å². The van der Waals surface area contributed by atoms with Crippen molar-refractivity contribution in [3.63, 3.8) is 0 Å². The van der Waals surface area contributed by atoms with Crippen LogP contribution in [0.3, 0.4) is 0 Å². The van der Waals surface area contributed by atoms with E-state index in [1.165, 1.54) is 0 Å². The van der Waals surface area contributed by atoms with Crippen LogP contribution in [0.15, 0.2) is 0 Å². The van der Waals surface area contributed by atoms with Gasteiger partial charge in [-0.25, -0.2) is 0 Å². The number of piperidine rings is 3. The van der Waals surface area contributed by atoms with E-state index in [9.17, 15) is 14.4 Å². The third-order valence-corrected chi connectivity index (χ3v) is 9.62. The molecule has 43 heavy (non-hydrogen) atoms. The Kier molecular flexibility index (Phi) is 10.1. The third-order valence-electron chi connectivity index (χ3n) is 9.62. The van der Waals surface area contributed by atoms with E-state index in [-0.39, 0.29) is 83.1 Å². The van der Waals surface area contributed by atoms with Gasteiger partial charge in [-0.3, -0.25) is 24.2 Å². The van der Waals surface area contributed by atoms with Crippen LogP contribution < -0.4 is 11.1 Å². The summed E-state index contributed by atoms with van der Waals surface area (Å²) >= 11 is 0. The molecule has 0 radical (unpaired) electrons. The maximum Gasteiger partial charge on any atom is 0.320 e. The standard InChI is InChI=1S/C33H60N4O6/c1-28(2)13-22(14-29(3,4)35-28)42-26(39)20-36-32(9,10)17-24(18-33(36,11)12)43-27(40)21-37-30(5,6)15-23(16-31(37,7)8)41-25(38)19-34/h22-24,35H,13-21,34H2,1-12H3. The molecule has 0 unspecified atom stereocenters. The normalized spacial score (nSPS) is 27.3. The number of nitrogens with zero attached hydrogens (tertiary/aromatic N) is 2. The lowest BCUT2D eigenvalue weighted by atomic mass is 9.77. The van der Waals surface area contributed by atoms with Gasteiger partial charge in [-0.1, -0.05) is 0 Å². The summed E-state index contributed by atoms with van der Waals surface area (Å²) < 4.78 is 17.8. The Bertz CT molecular complexity index is 998. The lowest BCUT2D eigenvalue weighted by molar-refractivity contribution is -0.177. The monoisotopic (exact) mass is 608 g/mol. The van der Waals surface area contributed by atoms with E-state index in [0.29, 0.717) is 25.7 Å². The number of likely N-dealkylation sites (tertiary alicyclic amines) is 2. The largest absolute Gasteiger partial charge is 0.461 e. The number of esters is 3. The quantitative estimate of drug-likeness (QED) is 0.310. The fraction of sp³-hybridized carbons (Fsp3) is 0.909. The molecule has 3 aliphatic heterocycles. The molecule has 0 amide bonds. The van der Waals surface area contributed by atoms with Gasteiger partial charge in [0.25, 0.3) is 0 Å². The summed E-state index contributed by atoms with van der Waals surface area (Å²) in [5.41, 5.74) is 3.70. The first-order chi connectivity index (χ1) is 19.4. The molecule has 3 aliphatic rings. The Morgan fingerprint density at radius 3 is 1.14 bits per heavy atom. The molecule has 0 aromatic rings. The number of rotatable bonds is 8. The van der Waals surface area contributed by atoms with Crippen LogP contribution in [0.4, 0.5) is 0 Å². The molecule has 0 aromatic carbocycles. The zero-order valence-electron chi connectivity index (χ0n) is 29.0. The summed E-state index contributed by atoms with van der Waals surface area (Å²) in [5.74, 6) is -0.882. The molecule has 3 rings (SSSR count). The summed E-state index contributed by atoms with van der Waals surface area (Å²) in [6.45, 7) is 25.5. The predicted molar refractivity (Wildman–Crippen MR) is 167 cm³/mol. The minimum absolute atomic E-state index is 0.106. The Balaban J connectivity index is 1.62. The minimum atomic E-state index is -0.409. The Morgan fingerprint density at radius 1 is 0.558 bits per heavy atom. The molecule has 3 saturated heterocycles. The molecule has 3 fully saturated rings. The van der Waals surface area contributed by atoms with Crippen LogP contribution >= 0.6 is 0 Å². The van der Waals surface area contributed by atoms with Crippen molar-refractivity contribution in [1.29, 1.82) is 0 Å². The van der Waals surface area contributed by atoms with Gasteiger partial charge in [0.05, 0.1) is 19.6 Å². The van der Waals surface area contributed by atoms with Gasteiger partial charge in [0.15, 0.2) is 0 Å². The summed E-state index contributed by atoms with van der Waals surface area (Å²) in [5, 5.41) is 3.64. The van der Waals surface area contributed by atoms with E-state index in [0.717, 1.165) is 12.8 Å². The number of nitrogens with two attached hydrogens (primary N) is 1. The second kappa shape index (κ2) is 12.2. The van der Waals surface area contributed by atoms with Gasteiger partial charge < -0.3 is 25.3 Å². The molecule has 0 saturated carbocycles.